The average Bonchev–Trinajstić information content (AvgIpc) is 2.48. The predicted octanol–water partition coefficient (Wildman–Crippen LogP) is 4.59. The minimum absolute atomic E-state index is 0.339. The summed E-state index contributed by atoms with van der Waals surface area (Å²) in [5.74, 6) is 0. The van der Waals surface area contributed by atoms with E-state index >= 15 is 0 Å². The van der Waals surface area contributed by atoms with Crippen LogP contribution in [0.5, 0.6) is 0 Å². The van der Waals surface area contributed by atoms with Crippen molar-refractivity contribution in [3.8, 4) is 0 Å². The van der Waals surface area contributed by atoms with E-state index in [4.69, 9.17) is 28.9 Å². The van der Waals surface area contributed by atoms with E-state index in [0.29, 0.717) is 10.0 Å². The third-order valence-electron chi connectivity index (χ3n) is 3.35. The van der Waals surface area contributed by atoms with E-state index in [0.717, 1.165) is 21.9 Å². The van der Waals surface area contributed by atoms with E-state index in [1.807, 2.05) is 36.5 Å². The normalized spacial score (nSPS) is 12.6. The third kappa shape index (κ3) is 2.38. The number of benzene rings is 2. The first-order valence-corrected chi connectivity index (χ1v) is 6.95. The smallest absolute Gasteiger partial charge is 0.0573 e. The second kappa shape index (κ2) is 5.41. The lowest BCUT2D eigenvalue weighted by Gasteiger charge is -2.16. The van der Waals surface area contributed by atoms with Crippen molar-refractivity contribution in [3.05, 3.63) is 76.0 Å². The fraction of sp³-hybridized carbons (Fsp3) is 0.0625. The molecule has 0 saturated heterocycles. The van der Waals surface area contributed by atoms with Gasteiger partial charge in [0.1, 0.15) is 0 Å². The number of hydrogen-bond acceptors (Lipinski definition) is 2. The van der Waals surface area contributed by atoms with Gasteiger partial charge in [-0.3, -0.25) is 4.98 Å². The number of hydrogen-bond donors (Lipinski definition) is 1. The summed E-state index contributed by atoms with van der Waals surface area (Å²) < 4.78 is 0. The van der Waals surface area contributed by atoms with Gasteiger partial charge in [0, 0.05) is 27.8 Å². The first kappa shape index (κ1) is 13.4. The Balaban J connectivity index is 2.17. The Morgan fingerprint density at radius 3 is 2.70 bits per heavy atom. The molecule has 1 aromatic heterocycles. The van der Waals surface area contributed by atoms with Crippen molar-refractivity contribution >= 4 is 34.0 Å². The summed E-state index contributed by atoms with van der Waals surface area (Å²) in [7, 11) is 0. The molecule has 3 aromatic rings. The van der Waals surface area contributed by atoms with Gasteiger partial charge in [0.15, 0.2) is 0 Å². The van der Waals surface area contributed by atoms with E-state index < -0.39 is 0 Å². The van der Waals surface area contributed by atoms with Crippen molar-refractivity contribution in [2.75, 3.05) is 0 Å². The van der Waals surface area contributed by atoms with Crippen LogP contribution in [-0.4, -0.2) is 4.98 Å². The number of halogens is 2. The van der Waals surface area contributed by atoms with Crippen LogP contribution < -0.4 is 5.73 Å². The Kier molecular flexibility index (Phi) is 3.62. The highest BCUT2D eigenvalue weighted by Gasteiger charge is 2.15. The zero-order chi connectivity index (χ0) is 14.1. The Morgan fingerprint density at radius 2 is 1.85 bits per heavy atom. The maximum absolute atomic E-state index is 6.38. The molecule has 100 valence electrons. The zero-order valence-electron chi connectivity index (χ0n) is 10.6. The highest BCUT2D eigenvalue weighted by molar-refractivity contribution is 6.33. The number of nitrogens with zero attached hydrogens (tertiary/aromatic N) is 1. The maximum Gasteiger partial charge on any atom is 0.0573 e. The van der Waals surface area contributed by atoms with Crippen molar-refractivity contribution in [2.45, 2.75) is 6.04 Å². The molecule has 0 bridgehead atoms. The van der Waals surface area contributed by atoms with Crippen molar-refractivity contribution in [1.82, 2.24) is 4.98 Å². The molecule has 0 aliphatic rings. The molecule has 0 spiro atoms. The summed E-state index contributed by atoms with van der Waals surface area (Å²) >= 11 is 12.3. The Morgan fingerprint density at radius 1 is 1.00 bits per heavy atom. The van der Waals surface area contributed by atoms with Gasteiger partial charge in [0.25, 0.3) is 0 Å². The van der Waals surface area contributed by atoms with Gasteiger partial charge < -0.3 is 5.73 Å². The summed E-state index contributed by atoms with van der Waals surface area (Å²) in [4.78, 5) is 4.17. The van der Waals surface area contributed by atoms with E-state index in [1.165, 1.54) is 0 Å². The summed E-state index contributed by atoms with van der Waals surface area (Å²) in [6.07, 6.45) is 3.59. The van der Waals surface area contributed by atoms with Crippen molar-refractivity contribution < 1.29 is 0 Å². The molecular formula is C16H12Cl2N2. The molecule has 0 amide bonds. The Labute approximate surface area is 127 Å². The molecule has 2 aromatic carbocycles. The van der Waals surface area contributed by atoms with Crippen LogP contribution in [-0.2, 0) is 0 Å². The average molecular weight is 303 g/mol. The van der Waals surface area contributed by atoms with E-state index in [9.17, 15) is 0 Å². The topological polar surface area (TPSA) is 38.9 Å². The SMILES string of the molecule is NC(c1cc(Cl)ccc1Cl)c1cccc2ccncc12. The molecule has 0 aliphatic carbocycles. The van der Waals surface area contributed by atoms with Gasteiger partial charge in [-0.2, -0.15) is 0 Å². The van der Waals surface area contributed by atoms with Gasteiger partial charge in [-0.25, -0.2) is 0 Å². The van der Waals surface area contributed by atoms with Gasteiger partial charge in [-0.05, 0) is 40.8 Å². The van der Waals surface area contributed by atoms with Crippen LogP contribution in [0.25, 0.3) is 10.8 Å². The summed E-state index contributed by atoms with van der Waals surface area (Å²) in [6.45, 7) is 0. The predicted molar refractivity (Wildman–Crippen MR) is 84.2 cm³/mol. The van der Waals surface area contributed by atoms with E-state index in [2.05, 4.69) is 4.98 Å². The monoisotopic (exact) mass is 302 g/mol. The molecule has 20 heavy (non-hydrogen) atoms. The van der Waals surface area contributed by atoms with E-state index in [-0.39, 0.29) is 6.04 Å². The summed E-state index contributed by atoms with van der Waals surface area (Å²) in [5, 5.41) is 3.37. The minimum Gasteiger partial charge on any atom is -0.320 e. The van der Waals surface area contributed by atoms with Gasteiger partial charge in [-0.15, -0.1) is 0 Å². The number of nitrogens with two attached hydrogens (primary N) is 1. The van der Waals surface area contributed by atoms with Crippen molar-refractivity contribution in [1.29, 1.82) is 0 Å². The van der Waals surface area contributed by atoms with Crippen LogP contribution in [0.15, 0.2) is 54.9 Å². The zero-order valence-corrected chi connectivity index (χ0v) is 12.1. The standard InChI is InChI=1S/C16H12Cl2N2/c17-11-4-5-15(18)13(8-11)16(19)12-3-1-2-10-6-7-20-9-14(10)12/h1-9,16H,19H2. The summed E-state index contributed by atoms with van der Waals surface area (Å²) in [5.41, 5.74) is 8.18. The van der Waals surface area contributed by atoms with Crippen LogP contribution in [0.1, 0.15) is 17.2 Å². The lowest BCUT2D eigenvalue weighted by molar-refractivity contribution is 0.880. The lowest BCUT2D eigenvalue weighted by atomic mass is 9.95. The highest BCUT2D eigenvalue weighted by atomic mass is 35.5. The molecule has 0 fully saturated rings. The molecule has 2 nitrogen and oxygen atoms in total. The molecule has 3 rings (SSSR count). The van der Waals surface area contributed by atoms with Crippen molar-refractivity contribution in [2.24, 2.45) is 5.73 Å². The summed E-state index contributed by atoms with van der Waals surface area (Å²) in [6, 6.07) is 13.0. The molecule has 1 unspecified atom stereocenters. The second-order valence-corrected chi connectivity index (χ2v) is 5.43. The molecule has 1 heterocycles. The number of fused-ring (bicyclic) bond motifs is 1. The lowest BCUT2D eigenvalue weighted by Crippen LogP contribution is -2.13. The fourth-order valence-electron chi connectivity index (χ4n) is 2.33. The first-order valence-electron chi connectivity index (χ1n) is 6.20. The first-order chi connectivity index (χ1) is 9.66. The quantitative estimate of drug-likeness (QED) is 0.752. The Hall–Kier alpha value is -1.61. The minimum atomic E-state index is -0.339. The molecular weight excluding hydrogens is 291 g/mol. The van der Waals surface area contributed by atoms with Crippen LogP contribution in [0, 0.1) is 0 Å². The number of pyridine rings is 1. The number of rotatable bonds is 2. The molecule has 0 aliphatic heterocycles. The molecule has 0 saturated carbocycles. The van der Waals surface area contributed by atoms with Gasteiger partial charge in [0.2, 0.25) is 0 Å². The van der Waals surface area contributed by atoms with Crippen LogP contribution in [0.3, 0.4) is 0 Å². The number of aromatic nitrogens is 1. The van der Waals surface area contributed by atoms with Crippen molar-refractivity contribution in [3.63, 3.8) is 0 Å². The third-order valence-corrected chi connectivity index (χ3v) is 3.92. The van der Waals surface area contributed by atoms with E-state index in [1.54, 1.807) is 18.3 Å². The largest absolute Gasteiger partial charge is 0.320 e. The highest BCUT2D eigenvalue weighted by Crippen LogP contribution is 2.32. The van der Waals surface area contributed by atoms with Crippen LogP contribution in [0.4, 0.5) is 0 Å². The fourth-order valence-corrected chi connectivity index (χ4v) is 2.74. The van der Waals surface area contributed by atoms with Gasteiger partial charge in [0.05, 0.1) is 6.04 Å². The molecule has 0 radical (unpaired) electrons. The maximum atomic E-state index is 6.38. The van der Waals surface area contributed by atoms with Gasteiger partial charge >= 0.3 is 0 Å². The van der Waals surface area contributed by atoms with Crippen LogP contribution >= 0.6 is 23.2 Å². The second-order valence-electron chi connectivity index (χ2n) is 4.59. The Bertz CT molecular complexity index is 766. The van der Waals surface area contributed by atoms with Crippen LogP contribution in [0.2, 0.25) is 10.0 Å². The molecule has 1 atom stereocenters. The molecule has 4 heteroatoms. The molecule has 2 N–H and O–H groups in total. The van der Waals surface area contributed by atoms with Gasteiger partial charge in [-0.1, -0.05) is 41.4 Å².